The number of carbonyl (C=O) groups is 1. The summed E-state index contributed by atoms with van der Waals surface area (Å²) in [6.07, 6.45) is 1.25. The number of anilines is 1. The summed E-state index contributed by atoms with van der Waals surface area (Å²) in [5, 5.41) is 0.773. The van der Waals surface area contributed by atoms with Gasteiger partial charge in [-0.15, -0.1) is 0 Å². The van der Waals surface area contributed by atoms with Crippen LogP contribution < -0.4 is 16.2 Å². The molecule has 3 heterocycles. The minimum atomic E-state index is -0.980. The third-order valence-corrected chi connectivity index (χ3v) is 6.13. The first-order valence-corrected chi connectivity index (χ1v) is 10.3. The molecule has 0 aliphatic carbocycles. The number of aryl methyl sites for hydroxylation is 1. The number of hydrogen-bond donors (Lipinski definition) is 1. The molecule has 9 heteroatoms. The molecule has 1 amide bonds. The van der Waals surface area contributed by atoms with Crippen molar-refractivity contribution in [1.29, 1.82) is 0 Å². The lowest BCUT2D eigenvalue weighted by Gasteiger charge is -2.34. The zero-order valence-corrected chi connectivity index (χ0v) is 17.3. The molecule has 0 bridgehead atoms. The number of nitrogens with zero attached hydrogens (tertiary/aromatic N) is 3. The lowest BCUT2D eigenvalue weighted by Crippen LogP contribution is -2.38. The summed E-state index contributed by atoms with van der Waals surface area (Å²) in [5.41, 5.74) is 6.86. The number of oxazole rings is 1. The van der Waals surface area contributed by atoms with E-state index >= 15 is 0 Å². The van der Waals surface area contributed by atoms with Gasteiger partial charge in [0.15, 0.2) is 23.1 Å². The Labute approximate surface area is 181 Å². The Hall–Kier alpha value is -3.75. The van der Waals surface area contributed by atoms with Crippen molar-refractivity contribution >= 4 is 33.6 Å². The van der Waals surface area contributed by atoms with Gasteiger partial charge >= 0.3 is 0 Å². The first-order valence-electron chi connectivity index (χ1n) is 10.3. The van der Waals surface area contributed by atoms with Crippen LogP contribution in [0.4, 0.5) is 14.5 Å². The van der Waals surface area contributed by atoms with Gasteiger partial charge < -0.3 is 19.6 Å². The van der Waals surface area contributed by atoms with E-state index in [1.165, 1.54) is 4.57 Å². The van der Waals surface area contributed by atoms with Crippen LogP contribution in [-0.4, -0.2) is 28.5 Å². The van der Waals surface area contributed by atoms with Gasteiger partial charge in [-0.1, -0.05) is 18.2 Å². The largest absolute Gasteiger partial charge is 0.440 e. The Bertz CT molecular complexity index is 1400. The maximum Gasteiger partial charge on any atom is 0.265 e. The molecule has 5 rings (SSSR count). The van der Waals surface area contributed by atoms with Crippen LogP contribution in [0, 0.1) is 11.6 Å². The van der Waals surface area contributed by atoms with Crippen molar-refractivity contribution in [2.75, 3.05) is 18.0 Å². The van der Waals surface area contributed by atoms with Gasteiger partial charge in [-0.25, -0.2) is 13.8 Å². The van der Waals surface area contributed by atoms with E-state index in [4.69, 9.17) is 10.2 Å². The number of aromatic nitrogens is 2. The maximum absolute atomic E-state index is 13.5. The van der Waals surface area contributed by atoms with Crippen LogP contribution in [-0.2, 0) is 7.05 Å². The zero-order valence-electron chi connectivity index (χ0n) is 17.3. The van der Waals surface area contributed by atoms with E-state index in [1.54, 1.807) is 7.05 Å². The van der Waals surface area contributed by atoms with Crippen molar-refractivity contribution < 1.29 is 18.0 Å². The van der Waals surface area contributed by atoms with Crippen LogP contribution in [0.5, 0.6) is 0 Å². The third-order valence-electron chi connectivity index (χ3n) is 6.13. The highest BCUT2D eigenvalue weighted by atomic mass is 19.2. The number of benzene rings is 2. The second-order valence-corrected chi connectivity index (χ2v) is 8.02. The molecule has 2 aromatic carbocycles. The second kappa shape index (κ2) is 7.44. The molecule has 0 saturated carbocycles. The first-order chi connectivity index (χ1) is 15.3. The van der Waals surface area contributed by atoms with Gasteiger partial charge in [0, 0.05) is 43.6 Å². The SMILES string of the molecule is Cn1c(=O)c(C(N)=O)c(N2CCC(c3nc4cc(F)c(F)cc4o3)CC2)c2ccccc21. The highest BCUT2D eigenvalue weighted by Gasteiger charge is 2.29. The molecule has 1 aliphatic rings. The lowest BCUT2D eigenvalue weighted by molar-refractivity contribution is 0.0999. The van der Waals surface area contributed by atoms with Crippen LogP contribution in [0.3, 0.4) is 0 Å². The van der Waals surface area contributed by atoms with E-state index < -0.39 is 23.1 Å². The van der Waals surface area contributed by atoms with Gasteiger partial charge in [0.05, 0.1) is 11.2 Å². The number of piperidine rings is 1. The highest BCUT2D eigenvalue weighted by molar-refractivity contribution is 6.06. The molecular formula is C23H20F2N4O3. The zero-order chi connectivity index (χ0) is 22.6. The predicted octanol–water partition coefficient (Wildman–Crippen LogP) is 3.44. The Morgan fingerprint density at radius 1 is 1.16 bits per heavy atom. The van der Waals surface area contributed by atoms with Crippen molar-refractivity contribution in [3.63, 3.8) is 0 Å². The van der Waals surface area contributed by atoms with E-state index in [0.717, 1.165) is 17.5 Å². The maximum atomic E-state index is 13.5. The molecule has 0 atom stereocenters. The number of carbonyl (C=O) groups excluding carboxylic acids is 1. The summed E-state index contributed by atoms with van der Waals surface area (Å²) in [5.74, 6) is -2.35. The predicted molar refractivity (Wildman–Crippen MR) is 116 cm³/mol. The molecule has 32 heavy (non-hydrogen) atoms. The van der Waals surface area contributed by atoms with Crippen LogP contribution >= 0.6 is 0 Å². The molecule has 0 spiro atoms. The highest BCUT2D eigenvalue weighted by Crippen LogP contribution is 2.35. The van der Waals surface area contributed by atoms with Crippen molar-refractivity contribution in [3.05, 3.63) is 69.8 Å². The van der Waals surface area contributed by atoms with Gasteiger partial charge in [0.2, 0.25) is 0 Å². The number of primary amides is 1. The fourth-order valence-electron chi connectivity index (χ4n) is 4.50. The Morgan fingerprint density at radius 3 is 2.56 bits per heavy atom. The van der Waals surface area contributed by atoms with E-state index in [2.05, 4.69) is 4.98 Å². The normalized spacial score (nSPS) is 15.0. The van der Waals surface area contributed by atoms with Gasteiger partial charge in [-0.3, -0.25) is 9.59 Å². The molecule has 4 aromatic rings. The molecular weight excluding hydrogens is 418 g/mol. The van der Waals surface area contributed by atoms with E-state index in [9.17, 15) is 18.4 Å². The molecule has 2 N–H and O–H groups in total. The quantitative estimate of drug-likeness (QED) is 0.529. The Morgan fingerprint density at radius 2 is 1.84 bits per heavy atom. The molecule has 7 nitrogen and oxygen atoms in total. The van der Waals surface area contributed by atoms with Gasteiger partial charge in [0.25, 0.3) is 11.5 Å². The summed E-state index contributed by atoms with van der Waals surface area (Å²) in [7, 11) is 1.62. The average Bonchev–Trinajstić information content (AvgIpc) is 3.19. The summed E-state index contributed by atoms with van der Waals surface area (Å²) in [6.45, 7) is 1.06. The minimum absolute atomic E-state index is 0.0301. The standard InChI is InChI=1S/C23H20F2N4O3/c1-28-17-5-3-2-4-13(17)20(19(21(26)30)23(28)31)29-8-6-12(7-9-29)22-27-16-10-14(24)15(25)11-18(16)32-22/h2-5,10-12H,6-9H2,1H3,(H2,26,30). The molecule has 164 valence electrons. The van der Waals surface area contributed by atoms with Crippen LogP contribution in [0.1, 0.15) is 35.0 Å². The van der Waals surface area contributed by atoms with Crippen molar-refractivity contribution in [1.82, 2.24) is 9.55 Å². The fraction of sp³-hybridized carbons (Fsp3) is 0.261. The number of nitrogens with two attached hydrogens (primary N) is 1. The number of para-hydroxylation sites is 1. The molecule has 0 unspecified atom stereocenters. The van der Waals surface area contributed by atoms with Crippen molar-refractivity contribution in [2.45, 2.75) is 18.8 Å². The van der Waals surface area contributed by atoms with Gasteiger partial charge in [-0.05, 0) is 18.9 Å². The van der Waals surface area contributed by atoms with Crippen molar-refractivity contribution in [2.24, 2.45) is 12.8 Å². The Kier molecular flexibility index (Phi) is 4.69. The van der Waals surface area contributed by atoms with Crippen molar-refractivity contribution in [3.8, 4) is 0 Å². The van der Waals surface area contributed by atoms with Crippen LogP contribution in [0.15, 0.2) is 45.6 Å². The van der Waals surface area contributed by atoms with E-state index in [1.807, 2.05) is 29.2 Å². The van der Waals surface area contributed by atoms with E-state index in [0.29, 0.717) is 43.0 Å². The molecule has 1 saturated heterocycles. The molecule has 1 fully saturated rings. The molecule has 2 aromatic heterocycles. The summed E-state index contributed by atoms with van der Waals surface area (Å²) < 4.78 is 34.1. The van der Waals surface area contributed by atoms with Gasteiger partial charge in [0.1, 0.15) is 11.1 Å². The number of amides is 1. The summed E-state index contributed by atoms with van der Waals surface area (Å²) in [4.78, 5) is 31.4. The average molecular weight is 438 g/mol. The number of pyridine rings is 1. The smallest absolute Gasteiger partial charge is 0.265 e. The summed E-state index contributed by atoms with van der Waals surface area (Å²) >= 11 is 0. The van der Waals surface area contributed by atoms with Crippen LogP contribution in [0.2, 0.25) is 0 Å². The summed E-state index contributed by atoms with van der Waals surface area (Å²) in [6, 6.07) is 9.41. The lowest BCUT2D eigenvalue weighted by atomic mass is 9.95. The van der Waals surface area contributed by atoms with E-state index in [-0.39, 0.29) is 22.6 Å². The monoisotopic (exact) mass is 438 g/mol. The number of rotatable bonds is 3. The number of halogens is 2. The number of hydrogen-bond acceptors (Lipinski definition) is 5. The number of fused-ring (bicyclic) bond motifs is 2. The molecule has 0 radical (unpaired) electrons. The molecule has 1 aliphatic heterocycles. The van der Waals surface area contributed by atoms with Crippen LogP contribution in [0.25, 0.3) is 22.0 Å². The van der Waals surface area contributed by atoms with Gasteiger partial charge in [-0.2, -0.15) is 0 Å². The second-order valence-electron chi connectivity index (χ2n) is 8.02. The third kappa shape index (κ3) is 3.12. The topological polar surface area (TPSA) is 94.4 Å². The first kappa shape index (κ1) is 20.2. The fourth-order valence-corrected chi connectivity index (χ4v) is 4.50. The Balaban J connectivity index is 1.49. The minimum Gasteiger partial charge on any atom is -0.440 e.